The Balaban J connectivity index is 2.67. The summed E-state index contributed by atoms with van der Waals surface area (Å²) in [6.45, 7) is 6.08. The molecule has 7 heteroatoms. The number of anilines is 1. The van der Waals surface area contributed by atoms with Gasteiger partial charge < -0.3 is 15.7 Å². The molecule has 0 spiro atoms. The number of nitrogens with one attached hydrogen (secondary N) is 2. The van der Waals surface area contributed by atoms with E-state index in [4.69, 9.17) is 5.11 Å². The lowest BCUT2D eigenvalue weighted by atomic mass is 9.90. The van der Waals surface area contributed by atoms with Crippen molar-refractivity contribution in [1.29, 1.82) is 0 Å². The van der Waals surface area contributed by atoms with Crippen molar-refractivity contribution in [2.75, 3.05) is 18.5 Å². The molecule has 0 saturated carbocycles. The SMILES string of the molecule is Cc1ccc([N+](=O)[O-])cc1NC(=O)NCC(C)(C)CCO. The topological polar surface area (TPSA) is 105 Å². The zero-order valence-electron chi connectivity index (χ0n) is 12.5. The van der Waals surface area contributed by atoms with Gasteiger partial charge in [0.05, 0.1) is 10.6 Å². The first-order chi connectivity index (χ1) is 9.75. The Morgan fingerprint density at radius 1 is 1.43 bits per heavy atom. The molecule has 116 valence electrons. The minimum absolute atomic E-state index is 0.0558. The molecule has 3 N–H and O–H groups in total. The quantitative estimate of drug-likeness (QED) is 0.553. The van der Waals surface area contributed by atoms with E-state index < -0.39 is 11.0 Å². The number of aliphatic hydroxyl groups is 1. The Morgan fingerprint density at radius 3 is 2.67 bits per heavy atom. The van der Waals surface area contributed by atoms with Gasteiger partial charge in [0.25, 0.3) is 5.69 Å². The molecule has 0 atom stereocenters. The van der Waals surface area contributed by atoms with Crippen molar-refractivity contribution in [3.05, 3.63) is 33.9 Å². The van der Waals surface area contributed by atoms with E-state index in [1.165, 1.54) is 12.1 Å². The molecular weight excluding hydrogens is 274 g/mol. The second-order valence-corrected chi connectivity index (χ2v) is 5.70. The molecule has 21 heavy (non-hydrogen) atoms. The fourth-order valence-electron chi connectivity index (χ4n) is 1.74. The lowest BCUT2D eigenvalue weighted by Gasteiger charge is -2.24. The lowest BCUT2D eigenvalue weighted by molar-refractivity contribution is -0.384. The van der Waals surface area contributed by atoms with Crippen LogP contribution >= 0.6 is 0 Å². The molecule has 1 aromatic carbocycles. The number of nitrogens with zero attached hydrogens (tertiary/aromatic N) is 1. The van der Waals surface area contributed by atoms with Crippen molar-refractivity contribution in [3.63, 3.8) is 0 Å². The normalized spacial score (nSPS) is 11.0. The van der Waals surface area contributed by atoms with Crippen molar-refractivity contribution >= 4 is 17.4 Å². The van der Waals surface area contributed by atoms with Crippen LogP contribution in [0, 0.1) is 22.5 Å². The molecule has 2 amide bonds. The molecule has 0 aliphatic carbocycles. The second-order valence-electron chi connectivity index (χ2n) is 5.70. The first-order valence-corrected chi connectivity index (χ1v) is 6.66. The third kappa shape index (κ3) is 5.39. The van der Waals surface area contributed by atoms with Crippen LogP contribution in [0.3, 0.4) is 0 Å². The number of carbonyl (C=O) groups excluding carboxylic acids is 1. The number of rotatable bonds is 6. The molecule has 1 rings (SSSR count). The maximum Gasteiger partial charge on any atom is 0.319 e. The van der Waals surface area contributed by atoms with E-state index in [1.807, 2.05) is 13.8 Å². The summed E-state index contributed by atoms with van der Waals surface area (Å²) in [7, 11) is 0. The maximum absolute atomic E-state index is 11.8. The summed E-state index contributed by atoms with van der Waals surface area (Å²) < 4.78 is 0. The highest BCUT2D eigenvalue weighted by molar-refractivity contribution is 5.90. The number of hydrogen-bond donors (Lipinski definition) is 3. The smallest absolute Gasteiger partial charge is 0.319 e. The monoisotopic (exact) mass is 295 g/mol. The van der Waals surface area contributed by atoms with Gasteiger partial charge in [0.15, 0.2) is 0 Å². The van der Waals surface area contributed by atoms with Crippen molar-refractivity contribution < 1.29 is 14.8 Å². The highest BCUT2D eigenvalue weighted by atomic mass is 16.6. The van der Waals surface area contributed by atoms with Gasteiger partial charge in [0, 0.05) is 25.3 Å². The Morgan fingerprint density at radius 2 is 2.10 bits per heavy atom. The molecule has 0 aliphatic rings. The lowest BCUT2D eigenvalue weighted by Crippen LogP contribution is -2.37. The van der Waals surface area contributed by atoms with E-state index in [0.717, 1.165) is 5.56 Å². The average Bonchev–Trinajstić information content (AvgIpc) is 2.39. The van der Waals surface area contributed by atoms with E-state index in [0.29, 0.717) is 18.7 Å². The van der Waals surface area contributed by atoms with E-state index in [1.54, 1.807) is 13.0 Å². The summed E-state index contributed by atoms with van der Waals surface area (Å²) in [6, 6.07) is 3.88. The fraction of sp³-hybridized carbons (Fsp3) is 0.500. The highest BCUT2D eigenvalue weighted by Gasteiger charge is 2.18. The first kappa shape index (κ1) is 16.9. The van der Waals surface area contributed by atoms with Crippen LogP contribution in [0.5, 0.6) is 0 Å². The summed E-state index contributed by atoms with van der Waals surface area (Å²) in [5, 5.41) is 25.0. The summed E-state index contributed by atoms with van der Waals surface area (Å²) in [4.78, 5) is 22.1. The Bertz CT molecular complexity index is 529. The number of aryl methyl sites for hydroxylation is 1. The maximum atomic E-state index is 11.8. The standard InChI is InChI=1S/C14H21N3O4/c1-10-4-5-11(17(20)21)8-12(10)16-13(19)15-9-14(2,3)6-7-18/h4-5,8,18H,6-7,9H2,1-3H3,(H2,15,16,19). The van der Waals surface area contributed by atoms with Gasteiger partial charge in [-0.3, -0.25) is 10.1 Å². The Labute approximate surface area is 123 Å². The largest absolute Gasteiger partial charge is 0.396 e. The van der Waals surface area contributed by atoms with Gasteiger partial charge in [0.2, 0.25) is 0 Å². The molecular formula is C14H21N3O4. The van der Waals surface area contributed by atoms with Crippen LogP contribution in [-0.2, 0) is 0 Å². The molecule has 7 nitrogen and oxygen atoms in total. The van der Waals surface area contributed by atoms with E-state index in [-0.39, 0.29) is 17.7 Å². The second kappa shape index (κ2) is 7.03. The van der Waals surface area contributed by atoms with Crippen LogP contribution in [0.15, 0.2) is 18.2 Å². The molecule has 0 bridgehead atoms. The summed E-state index contributed by atoms with van der Waals surface area (Å²) in [5.74, 6) is 0. The predicted molar refractivity (Wildman–Crippen MR) is 80.3 cm³/mol. The molecule has 0 heterocycles. The molecule has 0 unspecified atom stereocenters. The molecule has 0 radical (unpaired) electrons. The molecule has 0 aliphatic heterocycles. The third-order valence-electron chi connectivity index (χ3n) is 3.20. The van der Waals surface area contributed by atoms with Gasteiger partial charge in [-0.15, -0.1) is 0 Å². The van der Waals surface area contributed by atoms with Gasteiger partial charge in [0.1, 0.15) is 0 Å². The third-order valence-corrected chi connectivity index (χ3v) is 3.20. The average molecular weight is 295 g/mol. The van der Waals surface area contributed by atoms with Crippen LogP contribution in [-0.4, -0.2) is 29.2 Å². The predicted octanol–water partition coefficient (Wildman–Crippen LogP) is 2.43. The number of non-ortho nitro benzene ring substituents is 1. The van der Waals surface area contributed by atoms with Crippen molar-refractivity contribution in [3.8, 4) is 0 Å². The Hall–Kier alpha value is -2.15. The van der Waals surface area contributed by atoms with Crippen molar-refractivity contribution in [1.82, 2.24) is 5.32 Å². The number of benzene rings is 1. The molecule has 0 aromatic heterocycles. The van der Waals surface area contributed by atoms with Crippen LogP contribution in [0.2, 0.25) is 0 Å². The van der Waals surface area contributed by atoms with Crippen LogP contribution in [0.4, 0.5) is 16.2 Å². The van der Waals surface area contributed by atoms with E-state index in [2.05, 4.69) is 10.6 Å². The zero-order chi connectivity index (χ0) is 16.0. The number of hydrogen-bond acceptors (Lipinski definition) is 4. The molecule has 1 aromatic rings. The summed E-state index contributed by atoms with van der Waals surface area (Å²) in [5.41, 5.74) is 0.854. The van der Waals surface area contributed by atoms with Crippen molar-refractivity contribution in [2.45, 2.75) is 27.2 Å². The number of amides is 2. The van der Waals surface area contributed by atoms with Crippen LogP contribution in [0.25, 0.3) is 0 Å². The van der Waals surface area contributed by atoms with Gasteiger partial charge in [-0.05, 0) is 24.3 Å². The van der Waals surface area contributed by atoms with Crippen LogP contribution in [0.1, 0.15) is 25.8 Å². The van der Waals surface area contributed by atoms with Gasteiger partial charge in [-0.1, -0.05) is 19.9 Å². The highest BCUT2D eigenvalue weighted by Crippen LogP contribution is 2.22. The minimum atomic E-state index is -0.507. The van der Waals surface area contributed by atoms with Gasteiger partial charge in [-0.2, -0.15) is 0 Å². The summed E-state index contributed by atoms with van der Waals surface area (Å²) in [6.07, 6.45) is 0.573. The van der Waals surface area contributed by atoms with Crippen LogP contribution < -0.4 is 10.6 Å². The van der Waals surface area contributed by atoms with Gasteiger partial charge >= 0.3 is 6.03 Å². The van der Waals surface area contributed by atoms with E-state index >= 15 is 0 Å². The number of nitro benzene ring substituents is 1. The van der Waals surface area contributed by atoms with E-state index in [9.17, 15) is 14.9 Å². The fourth-order valence-corrected chi connectivity index (χ4v) is 1.74. The zero-order valence-corrected chi connectivity index (χ0v) is 12.5. The first-order valence-electron chi connectivity index (χ1n) is 6.66. The minimum Gasteiger partial charge on any atom is -0.396 e. The van der Waals surface area contributed by atoms with Crippen molar-refractivity contribution in [2.24, 2.45) is 5.41 Å². The number of carbonyl (C=O) groups is 1. The number of nitro groups is 1. The van der Waals surface area contributed by atoms with Gasteiger partial charge in [-0.25, -0.2) is 4.79 Å². The molecule has 0 saturated heterocycles. The Kier molecular flexibility index (Phi) is 5.66. The molecule has 0 fully saturated rings. The number of urea groups is 1. The summed E-state index contributed by atoms with van der Waals surface area (Å²) >= 11 is 0. The number of aliphatic hydroxyl groups excluding tert-OH is 1.